The van der Waals surface area contributed by atoms with E-state index in [4.69, 9.17) is 5.11 Å². The molecule has 0 saturated heterocycles. The Balaban J connectivity index is 2.94. The van der Waals surface area contributed by atoms with Gasteiger partial charge in [-0.3, -0.25) is 9.78 Å². The van der Waals surface area contributed by atoms with Gasteiger partial charge in [0.2, 0.25) is 0 Å². The summed E-state index contributed by atoms with van der Waals surface area (Å²) in [6.45, 7) is 0. The molecule has 0 atom stereocenters. The maximum Gasteiger partial charge on any atom is 0.309 e. The molecule has 0 radical (unpaired) electrons. The van der Waals surface area contributed by atoms with E-state index in [1.807, 2.05) is 0 Å². The van der Waals surface area contributed by atoms with Crippen molar-refractivity contribution in [2.45, 2.75) is 12.8 Å². The van der Waals surface area contributed by atoms with Crippen molar-refractivity contribution in [1.82, 2.24) is 4.98 Å². The molecule has 0 aliphatic rings. The van der Waals surface area contributed by atoms with Crippen LogP contribution in [0.1, 0.15) is 17.7 Å². The largest absolute Gasteiger partial charge is 0.481 e. The summed E-state index contributed by atoms with van der Waals surface area (Å²) >= 11 is 0. The van der Waals surface area contributed by atoms with Gasteiger partial charge in [0, 0.05) is 6.20 Å². The lowest BCUT2D eigenvalue weighted by molar-refractivity contribution is -0.136. The maximum absolute atomic E-state index is 12.8. The molecule has 76 valence electrons. The molecule has 0 fully saturated rings. The molecule has 0 unspecified atom stereocenters. The van der Waals surface area contributed by atoms with Crippen LogP contribution in [0, 0.1) is 5.82 Å². The van der Waals surface area contributed by atoms with Crippen LogP contribution in [0.15, 0.2) is 12.3 Å². The molecule has 14 heavy (non-hydrogen) atoms. The van der Waals surface area contributed by atoms with Crippen molar-refractivity contribution in [3.8, 4) is 0 Å². The quantitative estimate of drug-likeness (QED) is 0.818. The van der Waals surface area contributed by atoms with Crippen molar-refractivity contribution < 1.29 is 23.1 Å². The van der Waals surface area contributed by atoms with Gasteiger partial charge in [0.05, 0.1) is 17.7 Å². The number of carboxylic acid groups (broad SMARTS) is 1. The number of pyridine rings is 1. The van der Waals surface area contributed by atoms with Gasteiger partial charge in [-0.05, 0) is 6.07 Å². The van der Waals surface area contributed by atoms with E-state index in [0.717, 1.165) is 0 Å². The second-order valence-corrected chi connectivity index (χ2v) is 2.57. The molecule has 6 heteroatoms. The smallest absolute Gasteiger partial charge is 0.309 e. The van der Waals surface area contributed by atoms with E-state index in [0.29, 0.717) is 12.3 Å². The van der Waals surface area contributed by atoms with Crippen LogP contribution in [0.25, 0.3) is 0 Å². The standard InChI is InChI=1S/C8H6F3NO2/c9-6-1-4(2-7(13)14)12-3-5(6)8(10)11/h1,3,8H,2H2,(H,13,14). The summed E-state index contributed by atoms with van der Waals surface area (Å²) in [5.41, 5.74) is -0.904. The van der Waals surface area contributed by atoms with Gasteiger partial charge in [0.1, 0.15) is 5.82 Å². The van der Waals surface area contributed by atoms with Gasteiger partial charge >= 0.3 is 5.97 Å². The van der Waals surface area contributed by atoms with Gasteiger partial charge in [-0.2, -0.15) is 0 Å². The Labute approximate surface area is 77.2 Å². The minimum atomic E-state index is -2.94. The minimum Gasteiger partial charge on any atom is -0.481 e. The van der Waals surface area contributed by atoms with Crippen LogP contribution in [0.5, 0.6) is 0 Å². The first-order chi connectivity index (χ1) is 6.50. The predicted octanol–water partition coefficient (Wildman–Crippen LogP) is 1.79. The number of aromatic nitrogens is 1. The van der Waals surface area contributed by atoms with Crippen molar-refractivity contribution in [2.24, 2.45) is 0 Å². The zero-order valence-corrected chi connectivity index (χ0v) is 6.88. The number of hydrogen-bond acceptors (Lipinski definition) is 2. The Hall–Kier alpha value is -1.59. The molecule has 1 aromatic rings. The highest BCUT2D eigenvalue weighted by molar-refractivity contribution is 5.69. The number of hydrogen-bond donors (Lipinski definition) is 1. The highest BCUT2D eigenvalue weighted by Gasteiger charge is 2.15. The van der Waals surface area contributed by atoms with Crippen molar-refractivity contribution in [2.75, 3.05) is 0 Å². The molecular formula is C8H6F3NO2. The minimum absolute atomic E-state index is 0.0839. The summed E-state index contributed by atoms with van der Waals surface area (Å²) in [5.74, 6) is -2.33. The van der Waals surface area contributed by atoms with Crippen LogP contribution in [0.3, 0.4) is 0 Å². The summed E-state index contributed by atoms with van der Waals surface area (Å²) in [6, 6.07) is 0.704. The van der Waals surface area contributed by atoms with Gasteiger partial charge in [-0.15, -0.1) is 0 Å². The number of nitrogens with zero attached hydrogens (tertiary/aromatic N) is 1. The van der Waals surface area contributed by atoms with Crippen molar-refractivity contribution in [3.63, 3.8) is 0 Å². The number of rotatable bonds is 3. The molecule has 0 spiro atoms. The summed E-state index contributed by atoms with van der Waals surface area (Å²) < 4.78 is 36.9. The van der Waals surface area contributed by atoms with Crippen LogP contribution < -0.4 is 0 Å². The SMILES string of the molecule is O=C(O)Cc1cc(F)c(C(F)F)cn1. The third-order valence-electron chi connectivity index (χ3n) is 1.51. The first kappa shape index (κ1) is 10.5. The second-order valence-electron chi connectivity index (χ2n) is 2.57. The first-order valence-electron chi connectivity index (χ1n) is 3.65. The molecule has 1 aromatic heterocycles. The van der Waals surface area contributed by atoms with Gasteiger partial charge in [-0.25, -0.2) is 13.2 Å². The Bertz CT molecular complexity index is 354. The van der Waals surface area contributed by atoms with Crippen LogP contribution in [0.2, 0.25) is 0 Å². The van der Waals surface area contributed by atoms with Gasteiger partial charge < -0.3 is 5.11 Å². The molecule has 1 heterocycles. The molecular weight excluding hydrogens is 199 g/mol. The van der Waals surface area contributed by atoms with E-state index in [1.165, 1.54) is 0 Å². The Morgan fingerprint density at radius 3 is 2.64 bits per heavy atom. The van der Waals surface area contributed by atoms with Crippen molar-refractivity contribution >= 4 is 5.97 Å². The van der Waals surface area contributed by atoms with Crippen molar-refractivity contribution in [3.05, 3.63) is 29.3 Å². The molecule has 0 saturated carbocycles. The molecule has 0 aromatic carbocycles. The summed E-state index contributed by atoms with van der Waals surface area (Å²) in [6.07, 6.45) is -2.78. The van der Waals surface area contributed by atoms with E-state index in [9.17, 15) is 18.0 Å². The number of alkyl halides is 2. The Morgan fingerprint density at radius 2 is 2.21 bits per heavy atom. The van der Waals surface area contributed by atoms with Crippen molar-refractivity contribution in [1.29, 1.82) is 0 Å². The molecule has 0 aliphatic carbocycles. The van der Waals surface area contributed by atoms with E-state index in [1.54, 1.807) is 0 Å². The summed E-state index contributed by atoms with van der Waals surface area (Å²) in [4.78, 5) is 13.6. The third-order valence-corrected chi connectivity index (χ3v) is 1.51. The molecule has 1 N–H and O–H groups in total. The lowest BCUT2D eigenvalue weighted by atomic mass is 10.2. The van der Waals surface area contributed by atoms with Gasteiger partial charge in [0.15, 0.2) is 0 Å². The number of halogens is 3. The second kappa shape index (κ2) is 4.08. The Morgan fingerprint density at radius 1 is 1.57 bits per heavy atom. The van der Waals surface area contributed by atoms with Crippen LogP contribution in [-0.4, -0.2) is 16.1 Å². The van der Waals surface area contributed by atoms with E-state index in [-0.39, 0.29) is 5.69 Å². The van der Waals surface area contributed by atoms with Gasteiger partial charge in [-0.1, -0.05) is 0 Å². The summed E-state index contributed by atoms with van der Waals surface area (Å²) in [5, 5.41) is 8.33. The average molecular weight is 205 g/mol. The first-order valence-corrected chi connectivity index (χ1v) is 3.65. The van der Waals surface area contributed by atoms with E-state index in [2.05, 4.69) is 4.98 Å². The maximum atomic E-state index is 12.8. The zero-order valence-electron chi connectivity index (χ0n) is 6.88. The topological polar surface area (TPSA) is 50.2 Å². The monoisotopic (exact) mass is 205 g/mol. The highest BCUT2D eigenvalue weighted by Crippen LogP contribution is 2.21. The third kappa shape index (κ3) is 2.45. The highest BCUT2D eigenvalue weighted by atomic mass is 19.3. The number of aliphatic carboxylic acids is 1. The average Bonchev–Trinajstić information content (AvgIpc) is 2.01. The lowest BCUT2D eigenvalue weighted by Gasteiger charge is -2.02. The van der Waals surface area contributed by atoms with Gasteiger partial charge in [0.25, 0.3) is 6.43 Å². The number of carboxylic acids is 1. The van der Waals surface area contributed by atoms with E-state index >= 15 is 0 Å². The molecule has 0 bridgehead atoms. The normalized spacial score (nSPS) is 10.6. The van der Waals surface area contributed by atoms with Crippen LogP contribution in [-0.2, 0) is 11.2 Å². The molecule has 0 amide bonds. The van der Waals surface area contributed by atoms with Crippen LogP contribution in [0.4, 0.5) is 13.2 Å². The van der Waals surface area contributed by atoms with E-state index < -0.39 is 30.2 Å². The summed E-state index contributed by atoms with van der Waals surface area (Å²) in [7, 11) is 0. The predicted molar refractivity (Wildman–Crippen MR) is 40.5 cm³/mol. The molecule has 3 nitrogen and oxygen atoms in total. The fourth-order valence-corrected chi connectivity index (χ4v) is 0.893. The fourth-order valence-electron chi connectivity index (χ4n) is 0.893. The van der Waals surface area contributed by atoms with Crippen LogP contribution >= 0.6 is 0 Å². The number of carbonyl (C=O) groups is 1. The lowest BCUT2D eigenvalue weighted by Crippen LogP contribution is -2.04. The molecule has 1 rings (SSSR count). The fraction of sp³-hybridized carbons (Fsp3) is 0.250. The molecule has 0 aliphatic heterocycles. The zero-order chi connectivity index (χ0) is 10.7. The Kier molecular flexibility index (Phi) is 3.06.